The molecule has 0 spiro atoms. The molecule has 0 rings (SSSR count). The van der Waals surface area contributed by atoms with Crippen LogP contribution in [0.15, 0.2) is 0 Å². The molecule has 0 heterocycles. The van der Waals surface area contributed by atoms with Crippen molar-refractivity contribution in [2.45, 2.75) is 68.7 Å². The molecule has 0 amide bonds. The Balaban J connectivity index is 4.36. The molecule has 6 heteroatoms. The topological polar surface area (TPSA) is 71.1 Å². The van der Waals surface area contributed by atoms with Crippen molar-refractivity contribution in [3.63, 3.8) is 0 Å². The molecular weight excluding hydrogens is 288 g/mol. The Bertz CT molecular complexity index is 367. The minimum atomic E-state index is -0.605. The molecule has 0 saturated heterocycles. The van der Waals surface area contributed by atoms with Gasteiger partial charge in [-0.2, -0.15) is 0 Å². The van der Waals surface area contributed by atoms with Gasteiger partial charge in [0.1, 0.15) is 0 Å². The average molecular weight is 318 g/mol. The highest BCUT2D eigenvalue weighted by Gasteiger charge is 2.42. The molecule has 22 heavy (non-hydrogen) atoms. The minimum Gasteiger partial charge on any atom is -0.266 e. The number of carbonyl (C=O) groups is 2. The molecule has 0 aromatic rings. The van der Waals surface area contributed by atoms with Crippen molar-refractivity contribution in [2.24, 2.45) is 22.2 Å². The van der Waals surface area contributed by atoms with E-state index in [2.05, 4.69) is 19.9 Å². The first-order valence-electron chi connectivity index (χ1n) is 7.39. The first-order valence-corrected chi connectivity index (χ1v) is 7.39. The van der Waals surface area contributed by atoms with Crippen LogP contribution in [0.4, 0.5) is 0 Å². The minimum absolute atomic E-state index is 0.150. The Morgan fingerprint density at radius 1 is 0.773 bits per heavy atom. The van der Waals surface area contributed by atoms with Crippen LogP contribution >= 0.6 is 0 Å². The van der Waals surface area contributed by atoms with Crippen LogP contribution in [0.2, 0.25) is 0 Å². The summed E-state index contributed by atoms with van der Waals surface area (Å²) in [7, 11) is 0. The fourth-order valence-electron chi connectivity index (χ4n) is 2.62. The highest BCUT2D eigenvalue weighted by atomic mass is 17.7. The van der Waals surface area contributed by atoms with Gasteiger partial charge in [0.05, 0.1) is 12.3 Å². The third-order valence-corrected chi connectivity index (χ3v) is 2.91. The molecule has 0 aliphatic heterocycles. The maximum atomic E-state index is 12.1. The molecule has 0 fully saturated rings. The summed E-state index contributed by atoms with van der Waals surface area (Å²) in [6, 6.07) is 0. The molecular formula is C16H30O6. The zero-order chi connectivity index (χ0) is 17.8. The molecule has 6 nitrogen and oxygen atoms in total. The molecule has 0 unspecified atom stereocenters. The summed E-state index contributed by atoms with van der Waals surface area (Å²) in [6.07, 6.45) is 0.150. The van der Waals surface area contributed by atoms with Crippen molar-refractivity contribution in [3.8, 4) is 0 Å². The highest BCUT2D eigenvalue weighted by Crippen LogP contribution is 2.40. The van der Waals surface area contributed by atoms with E-state index < -0.39 is 17.9 Å². The average Bonchev–Trinajstić information content (AvgIpc) is 2.17. The Kier molecular flexibility index (Phi) is 7.03. The maximum Gasteiger partial charge on any atom is 0.349 e. The van der Waals surface area contributed by atoms with E-state index in [1.165, 1.54) is 0 Å². The fraction of sp³-hybridized carbons (Fsp3) is 0.875. The van der Waals surface area contributed by atoms with E-state index in [4.69, 9.17) is 0 Å². The largest absolute Gasteiger partial charge is 0.349 e. The Morgan fingerprint density at radius 3 is 1.55 bits per heavy atom. The number of rotatable bonds is 5. The van der Waals surface area contributed by atoms with Crippen LogP contribution in [0, 0.1) is 22.2 Å². The molecule has 0 saturated carbocycles. The summed E-state index contributed by atoms with van der Waals surface area (Å²) in [5.74, 6) is -1.60. The molecule has 0 aromatic heterocycles. The quantitative estimate of drug-likeness (QED) is 0.433. The smallest absolute Gasteiger partial charge is 0.266 e. The van der Waals surface area contributed by atoms with Crippen LogP contribution in [0.3, 0.4) is 0 Å². The second-order valence-electron chi connectivity index (χ2n) is 8.90. The predicted octanol–water partition coefficient (Wildman–Crippen LogP) is 4.00. The molecule has 130 valence electrons. The Morgan fingerprint density at radius 2 is 1.18 bits per heavy atom. The van der Waals surface area contributed by atoms with Gasteiger partial charge in [-0.05, 0) is 16.2 Å². The van der Waals surface area contributed by atoms with Crippen LogP contribution in [-0.2, 0) is 29.4 Å². The van der Waals surface area contributed by atoms with E-state index in [9.17, 15) is 9.59 Å². The van der Waals surface area contributed by atoms with Gasteiger partial charge in [0, 0.05) is 10.1 Å². The predicted molar refractivity (Wildman–Crippen MR) is 80.8 cm³/mol. The van der Waals surface area contributed by atoms with Crippen molar-refractivity contribution < 1.29 is 29.4 Å². The maximum absolute atomic E-state index is 12.1. The summed E-state index contributed by atoms with van der Waals surface area (Å²) in [4.78, 5) is 32.5. The molecule has 0 N–H and O–H groups in total. The van der Waals surface area contributed by atoms with Crippen LogP contribution in [0.5, 0.6) is 0 Å². The Labute approximate surface area is 133 Å². The van der Waals surface area contributed by atoms with E-state index in [0.717, 1.165) is 0 Å². The molecule has 0 aliphatic rings. The van der Waals surface area contributed by atoms with Gasteiger partial charge in [0.2, 0.25) is 0 Å². The van der Waals surface area contributed by atoms with E-state index >= 15 is 0 Å². The number of hydrogen-bond donors (Lipinski definition) is 0. The van der Waals surface area contributed by atoms with Crippen molar-refractivity contribution in [2.75, 3.05) is 0 Å². The SMILES string of the molecule is CC(C)(C)CC(=O)OOOOC(=O)C(C(C)(C)C)C(C)(C)C. The van der Waals surface area contributed by atoms with E-state index in [0.29, 0.717) is 0 Å². The first kappa shape index (κ1) is 20.9. The van der Waals surface area contributed by atoms with Crippen molar-refractivity contribution in [1.82, 2.24) is 0 Å². The molecule has 0 aromatic carbocycles. The lowest BCUT2D eigenvalue weighted by atomic mass is 9.67. The van der Waals surface area contributed by atoms with Gasteiger partial charge in [0.25, 0.3) is 0 Å². The third kappa shape index (κ3) is 8.34. The number of carbonyl (C=O) groups excluding carboxylic acids is 2. The van der Waals surface area contributed by atoms with Gasteiger partial charge in [-0.1, -0.05) is 62.3 Å². The van der Waals surface area contributed by atoms with Gasteiger partial charge in [0.15, 0.2) is 0 Å². The summed E-state index contributed by atoms with van der Waals surface area (Å²) >= 11 is 0. The third-order valence-electron chi connectivity index (χ3n) is 2.91. The van der Waals surface area contributed by atoms with Gasteiger partial charge in [-0.25, -0.2) is 9.59 Å². The summed E-state index contributed by atoms with van der Waals surface area (Å²) in [6.45, 7) is 17.3. The van der Waals surface area contributed by atoms with Crippen LogP contribution in [-0.4, -0.2) is 11.9 Å². The molecule has 0 bridgehead atoms. The van der Waals surface area contributed by atoms with E-state index in [-0.39, 0.29) is 22.7 Å². The lowest BCUT2D eigenvalue weighted by molar-refractivity contribution is -0.601. The summed E-state index contributed by atoms with van der Waals surface area (Å²) in [5.41, 5.74) is -0.871. The summed E-state index contributed by atoms with van der Waals surface area (Å²) in [5, 5.41) is 8.45. The second-order valence-corrected chi connectivity index (χ2v) is 8.90. The zero-order valence-corrected chi connectivity index (χ0v) is 15.2. The van der Waals surface area contributed by atoms with Crippen molar-refractivity contribution in [3.05, 3.63) is 0 Å². The molecule has 0 atom stereocenters. The summed E-state index contributed by atoms with van der Waals surface area (Å²) < 4.78 is 0. The van der Waals surface area contributed by atoms with Gasteiger partial charge >= 0.3 is 11.9 Å². The normalized spacial score (nSPS) is 13.2. The fourth-order valence-corrected chi connectivity index (χ4v) is 2.62. The van der Waals surface area contributed by atoms with E-state index in [1.54, 1.807) is 0 Å². The highest BCUT2D eigenvalue weighted by molar-refractivity contribution is 5.73. The Hall–Kier alpha value is -1.14. The zero-order valence-electron chi connectivity index (χ0n) is 15.2. The lowest BCUT2D eigenvalue weighted by Gasteiger charge is -2.37. The van der Waals surface area contributed by atoms with Crippen molar-refractivity contribution >= 4 is 11.9 Å². The lowest BCUT2D eigenvalue weighted by Crippen LogP contribution is -2.40. The number of hydrogen-bond acceptors (Lipinski definition) is 6. The molecule has 0 aliphatic carbocycles. The van der Waals surface area contributed by atoms with Gasteiger partial charge in [-0.15, -0.1) is 0 Å². The van der Waals surface area contributed by atoms with Crippen LogP contribution < -0.4 is 0 Å². The second kappa shape index (κ2) is 7.42. The van der Waals surface area contributed by atoms with Crippen molar-refractivity contribution in [1.29, 1.82) is 0 Å². The van der Waals surface area contributed by atoms with E-state index in [1.807, 2.05) is 62.3 Å². The molecule has 0 radical (unpaired) electrons. The van der Waals surface area contributed by atoms with Gasteiger partial charge < -0.3 is 0 Å². The monoisotopic (exact) mass is 318 g/mol. The van der Waals surface area contributed by atoms with Gasteiger partial charge in [-0.3, -0.25) is 9.78 Å². The van der Waals surface area contributed by atoms with Crippen LogP contribution in [0.25, 0.3) is 0 Å². The first-order chi connectivity index (χ1) is 9.64. The van der Waals surface area contributed by atoms with Crippen LogP contribution in [0.1, 0.15) is 68.7 Å². The standard InChI is InChI=1S/C16H30O6/c1-14(2,3)10-11(17)19-21-22-20-13(18)12(15(4,5)6)16(7,8)9/h12H,10H2,1-9H3.